The molecule has 0 aromatic carbocycles. The van der Waals surface area contributed by atoms with E-state index in [1.54, 1.807) is 0 Å². The highest BCUT2D eigenvalue weighted by molar-refractivity contribution is 5.32. The Morgan fingerprint density at radius 2 is 2.00 bits per heavy atom. The number of nitrogen functional groups attached to an aromatic ring is 1. The van der Waals surface area contributed by atoms with Gasteiger partial charge in [-0.2, -0.15) is 0 Å². The van der Waals surface area contributed by atoms with Crippen molar-refractivity contribution in [3.05, 3.63) is 17.6 Å². The van der Waals surface area contributed by atoms with Crippen LogP contribution >= 0.6 is 0 Å². The Balaban J connectivity index is 2.27. The van der Waals surface area contributed by atoms with Crippen molar-refractivity contribution < 1.29 is 0 Å². The van der Waals surface area contributed by atoms with E-state index in [0.29, 0.717) is 5.82 Å². The summed E-state index contributed by atoms with van der Waals surface area (Å²) >= 11 is 0. The molecule has 0 amide bonds. The minimum Gasteiger partial charge on any atom is -0.384 e. The number of nitrogens with two attached hydrogens (primary N) is 1. The molecule has 0 radical (unpaired) electrons. The summed E-state index contributed by atoms with van der Waals surface area (Å²) < 4.78 is 0. The fraction of sp³-hybridized carbons (Fsp3) is 0.667. The molecular formula is C12H19N3. The van der Waals surface area contributed by atoms with Crippen LogP contribution < -0.4 is 5.73 Å². The molecule has 0 aliphatic heterocycles. The van der Waals surface area contributed by atoms with Crippen LogP contribution in [0.5, 0.6) is 0 Å². The molecule has 82 valence electrons. The monoisotopic (exact) mass is 205 g/mol. The van der Waals surface area contributed by atoms with Crippen LogP contribution in [0.4, 0.5) is 5.82 Å². The molecule has 0 saturated heterocycles. The number of aromatic nitrogens is 2. The molecule has 2 rings (SSSR count). The maximum absolute atomic E-state index is 5.80. The van der Waals surface area contributed by atoms with Gasteiger partial charge in [-0.15, -0.1) is 0 Å². The summed E-state index contributed by atoms with van der Waals surface area (Å²) in [6.45, 7) is 6.45. The number of anilines is 1. The van der Waals surface area contributed by atoms with Crippen molar-refractivity contribution in [2.75, 3.05) is 5.73 Å². The Hall–Kier alpha value is -1.12. The summed E-state index contributed by atoms with van der Waals surface area (Å²) in [5, 5.41) is 0. The summed E-state index contributed by atoms with van der Waals surface area (Å²) in [7, 11) is 0. The van der Waals surface area contributed by atoms with Crippen LogP contribution in [-0.2, 0) is 11.8 Å². The van der Waals surface area contributed by atoms with Crippen molar-refractivity contribution in [1.82, 2.24) is 9.97 Å². The number of nitrogens with zero attached hydrogens (tertiary/aromatic N) is 2. The zero-order chi connectivity index (χ0) is 11.1. The lowest BCUT2D eigenvalue weighted by molar-refractivity contribution is 0.560. The topological polar surface area (TPSA) is 51.8 Å². The molecule has 1 heterocycles. The fourth-order valence-electron chi connectivity index (χ4n) is 1.57. The van der Waals surface area contributed by atoms with Gasteiger partial charge in [0.2, 0.25) is 0 Å². The van der Waals surface area contributed by atoms with Gasteiger partial charge in [0.1, 0.15) is 11.6 Å². The molecule has 2 N–H and O–H groups in total. The van der Waals surface area contributed by atoms with Gasteiger partial charge in [0.05, 0.1) is 5.69 Å². The minimum absolute atomic E-state index is 0.0510. The lowest BCUT2D eigenvalue weighted by Gasteiger charge is -2.18. The third-order valence-electron chi connectivity index (χ3n) is 2.73. The predicted octanol–water partition coefficient (Wildman–Crippen LogP) is 2.31. The first-order valence-corrected chi connectivity index (χ1v) is 5.59. The van der Waals surface area contributed by atoms with Crippen LogP contribution in [0.2, 0.25) is 0 Å². The molecule has 3 nitrogen and oxygen atoms in total. The standard InChI is InChI=1S/C12H19N3/c1-12(2,3)9-7-10(13)15-11(14-9)6-8-4-5-8/h7-8H,4-6H2,1-3H3,(H2,13,14,15). The normalized spacial score (nSPS) is 16.7. The molecule has 1 saturated carbocycles. The lowest BCUT2D eigenvalue weighted by Crippen LogP contribution is -2.16. The van der Waals surface area contributed by atoms with Crippen LogP contribution in [0.25, 0.3) is 0 Å². The third kappa shape index (κ3) is 2.67. The molecule has 1 aromatic rings. The summed E-state index contributed by atoms with van der Waals surface area (Å²) in [5.41, 5.74) is 6.90. The van der Waals surface area contributed by atoms with Crippen LogP contribution in [0.1, 0.15) is 45.1 Å². The average molecular weight is 205 g/mol. The summed E-state index contributed by atoms with van der Waals surface area (Å²) in [6, 6.07) is 1.89. The van der Waals surface area contributed by atoms with E-state index in [1.807, 2.05) is 6.07 Å². The number of rotatable bonds is 2. The van der Waals surface area contributed by atoms with Gasteiger partial charge in [0.15, 0.2) is 0 Å². The number of hydrogen-bond acceptors (Lipinski definition) is 3. The average Bonchev–Trinajstić information content (AvgIpc) is 2.85. The van der Waals surface area contributed by atoms with Gasteiger partial charge >= 0.3 is 0 Å². The van der Waals surface area contributed by atoms with Crippen molar-refractivity contribution in [3.8, 4) is 0 Å². The maximum atomic E-state index is 5.80. The quantitative estimate of drug-likeness (QED) is 0.806. The van der Waals surface area contributed by atoms with E-state index in [1.165, 1.54) is 12.8 Å². The molecule has 15 heavy (non-hydrogen) atoms. The summed E-state index contributed by atoms with van der Waals surface area (Å²) in [4.78, 5) is 8.89. The van der Waals surface area contributed by atoms with E-state index < -0.39 is 0 Å². The molecule has 1 aromatic heterocycles. The predicted molar refractivity (Wildman–Crippen MR) is 61.6 cm³/mol. The first-order chi connectivity index (χ1) is 6.95. The maximum Gasteiger partial charge on any atom is 0.131 e. The molecule has 0 unspecified atom stereocenters. The molecular weight excluding hydrogens is 186 g/mol. The van der Waals surface area contributed by atoms with E-state index in [4.69, 9.17) is 5.73 Å². The van der Waals surface area contributed by atoms with E-state index in [2.05, 4.69) is 30.7 Å². The second-order valence-corrected chi connectivity index (χ2v) is 5.49. The highest BCUT2D eigenvalue weighted by Gasteiger charge is 2.24. The Morgan fingerprint density at radius 1 is 1.33 bits per heavy atom. The van der Waals surface area contributed by atoms with Gasteiger partial charge in [0.25, 0.3) is 0 Å². The van der Waals surface area contributed by atoms with Crippen molar-refractivity contribution in [2.45, 2.75) is 45.4 Å². The lowest BCUT2D eigenvalue weighted by atomic mass is 9.92. The zero-order valence-corrected chi connectivity index (χ0v) is 9.75. The Labute approximate surface area is 91.1 Å². The van der Waals surface area contributed by atoms with E-state index in [-0.39, 0.29) is 5.41 Å². The first kappa shape index (κ1) is 10.4. The molecule has 3 heteroatoms. The minimum atomic E-state index is 0.0510. The SMILES string of the molecule is CC(C)(C)c1cc(N)nc(CC2CC2)n1. The van der Waals surface area contributed by atoms with Gasteiger partial charge in [-0.25, -0.2) is 9.97 Å². The van der Waals surface area contributed by atoms with E-state index in [9.17, 15) is 0 Å². The highest BCUT2D eigenvalue weighted by Crippen LogP contribution is 2.32. The fourth-order valence-corrected chi connectivity index (χ4v) is 1.57. The number of hydrogen-bond donors (Lipinski definition) is 1. The van der Waals surface area contributed by atoms with Crippen molar-refractivity contribution in [3.63, 3.8) is 0 Å². The Kier molecular flexibility index (Phi) is 2.41. The van der Waals surface area contributed by atoms with E-state index in [0.717, 1.165) is 23.9 Å². The first-order valence-electron chi connectivity index (χ1n) is 5.59. The molecule has 0 spiro atoms. The Morgan fingerprint density at radius 3 is 2.53 bits per heavy atom. The van der Waals surface area contributed by atoms with Gasteiger partial charge in [-0.3, -0.25) is 0 Å². The largest absolute Gasteiger partial charge is 0.384 e. The second kappa shape index (κ2) is 3.47. The molecule has 1 aliphatic carbocycles. The van der Waals surface area contributed by atoms with Crippen molar-refractivity contribution >= 4 is 5.82 Å². The van der Waals surface area contributed by atoms with Gasteiger partial charge in [0, 0.05) is 17.9 Å². The zero-order valence-electron chi connectivity index (χ0n) is 9.75. The third-order valence-corrected chi connectivity index (χ3v) is 2.73. The van der Waals surface area contributed by atoms with Crippen LogP contribution in [0.15, 0.2) is 6.07 Å². The van der Waals surface area contributed by atoms with Crippen LogP contribution in [0, 0.1) is 5.92 Å². The van der Waals surface area contributed by atoms with E-state index >= 15 is 0 Å². The summed E-state index contributed by atoms with van der Waals surface area (Å²) in [6.07, 6.45) is 3.64. The molecule has 0 bridgehead atoms. The second-order valence-electron chi connectivity index (χ2n) is 5.49. The van der Waals surface area contributed by atoms with Gasteiger partial charge in [-0.1, -0.05) is 20.8 Å². The van der Waals surface area contributed by atoms with Crippen molar-refractivity contribution in [2.24, 2.45) is 5.92 Å². The van der Waals surface area contributed by atoms with Gasteiger partial charge in [-0.05, 0) is 18.8 Å². The van der Waals surface area contributed by atoms with Gasteiger partial charge < -0.3 is 5.73 Å². The Bertz CT molecular complexity index is 362. The van der Waals surface area contributed by atoms with Crippen molar-refractivity contribution in [1.29, 1.82) is 0 Å². The molecule has 0 atom stereocenters. The molecule has 1 aliphatic rings. The summed E-state index contributed by atoms with van der Waals surface area (Å²) in [5.74, 6) is 2.33. The van der Waals surface area contributed by atoms with Crippen LogP contribution in [0.3, 0.4) is 0 Å². The highest BCUT2D eigenvalue weighted by atomic mass is 15.0. The molecule has 1 fully saturated rings. The van der Waals surface area contributed by atoms with Crippen LogP contribution in [-0.4, -0.2) is 9.97 Å². The smallest absolute Gasteiger partial charge is 0.131 e.